The summed E-state index contributed by atoms with van der Waals surface area (Å²) >= 11 is 11.9. The molecule has 0 saturated heterocycles. The average Bonchev–Trinajstić information content (AvgIpc) is 2.67. The molecule has 1 aliphatic rings. The van der Waals surface area contributed by atoms with Crippen molar-refractivity contribution in [1.29, 1.82) is 0 Å². The van der Waals surface area contributed by atoms with Gasteiger partial charge < -0.3 is 20.7 Å². The van der Waals surface area contributed by atoms with Crippen LogP contribution in [0.25, 0.3) is 0 Å². The Morgan fingerprint density at radius 1 is 1.23 bits per heavy atom. The minimum Gasteiger partial charge on any atom is -0.495 e. The topological polar surface area (TPSA) is 123 Å². The highest BCUT2D eigenvalue weighted by Gasteiger charge is 2.32. The number of anilines is 1. The van der Waals surface area contributed by atoms with Crippen molar-refractivity contribution in [2.45, 2.75) is 13.0 Å². The first kappa shape index (κ1) is 21.4. The van der Waals surface area contributed by atoms with E-state index in [0.717, 1.165) is 0 Å². The number of nitro groups is 1. The number of hydrogen-bond donors (Lipinski definition) is 3. The van der Waals surface area contributed by atoms with E-state index in [4.69, 9.17) is 27.9 Å². The van der Waals surface area contributed by atoms with E-state index in [1.165, 1.54) is 31.4 Å². The van der Waals surface area contributed by atoms with Crippen LogP contribution in [0.4, 0.5) is 16.2 Å². The number of allylic oxidation sites excluding steroid dienone is 1. The molecule has 2 aromatic carbocycles. The number of urea groups is 1. The summed E-state index contributed by atoms with van der Waals surface area (Å²) in [6.45, 7) is 1.56. The summed E-state index contributed by atoms with van der Waals surface area (Å²) in [7, 11) is 1.45. The molecular weight excluding hydrogens is 435 g/mol. The predicted octanol–water partition coefficient (Wildman–Crippen LogP) is 4.18. The van der Waals surface area contributed by atoms with Crippen LogP contribution in [-0.2, 0) is 4.79 Å². The number of carbonyl (C=O) groups excluding carboxylic acids is 2. The third kappa shape index (κ3) is 4.32. The molecule has 156 valence electrons. The summed E-state index contributed by atoms with van der Waals surface area (Å²) in [5, 5.41) is 19.4. The van der Waals surface area contributed by atoms with Crippen molar-refractivity contribution in [1.82, 2.24) is 10.6 Å². The molecule has 1 aliphatic heterocycles. The highest BCUT2D eigenvalue weighted by Crippen LogP contribution is 2.34. The van der Waals surface area contributed by atoms with Gasteiger partial charge in [-0.05, 0) is 36.8 Å². The Kier molecular flexibility index (Phi) is 6.14. The molecule has 3 amide bonds. The molecule has 1 heterocycles. The van der Waals surface area contributed by atoms with E-state index < -0.39 is 22.9 Å². The lowest BCUT2D eigenvalue weighted by molar-refractivity contribution is -0.384. The molecule has 11 heteroatoms. The molecule has 9 nitrogen and oxygen atoms in total. The van der Waals surface area contributed by atoms with Gasteiger partial charge in [0.1, 0.15) is 10.8 Å². The second-order valence-electron chi connectivity index (χ2n) is 6.34. The first-order valence-corrected chi connectivity index (χ1v) is 9.34. The van der Waals surface area contributed by atoms with Crippen molar-refractivity contribution >= 4 is 46.5 Å². The van der Waals surface area contributed by atoms with E-state index in [2.05, 4.69) is 16.0 Å². The Bertz CT molecular complexity index is 1090. The average molecular weight is 451 g/mol. The smallest absolute Gasteiger partial charge is 0.319 e. The molecule has 0 aromatic heterocycles. The monoisotopic (exact) mass is 450 g/mol. The Hall–Kier alpha value is -3.30. The fraction of sp³-hybridized carbons (Fsp3) is 0.158. The zero-order chi connectivity index (χ0) is 22.0. The fourth-order valence-corrected chi connectivity index (χ4v) is 3.42. The van der Waals surface area contributed by atoms with Crippen LogP contribution in [-0.4, -0.2) is 24.0 Å². The van der Waals surface area contributed by atoms with Gasteiger partial charge in [0.2, 0.25) is 0 Å². The third-order valence-corrected chi connectivity index (χ3v) is 4.98. The lowest BCUT2D eigenvalue weighted by Crippen LogP contribution is -2.46. The largest absolute Gasteiger partial charge is 0.495 e. The number of nitrogens with one attached hydrogen (secondary N) is 3. The van der Waals surface area contributed by atoms with E-state index in [9.17, 15) is 19.7 Å². The van der Waals surface area contributed by atoms with Gasteiger partial charge in [0.25, 0.3) is 11.6 Å². The predicted molar refractivity (Wildman–Crippen MR) is 112 cm³/mol. The van der Waals surface area contributed by atoms with E-state index in [0.29, 0.717) is 27.7 Å². The summed E-state index contributed by atoms with van der Waals surface area (Å²) in [5.74, 6) is -0.166. The fourth-order valence-electron chi connectivity index (χ4n) is 3.06. The second-order valence-corrected chi connectivity index (χ2v) is 7.18. The molecule has 0 fully saturated rings. The number of rotatable bonds is 5. The lowest BCUT2D eigenvalue weighted by Gasteiger charge is -2.28. The number of nitro benzene ring substituents is 1. The molecule has 0 aliphatic carbocycles. The van der Waals surface area contributed by atoms with Gasteiger partial charge in [0.15, 0.2) is 0 Å². The van der Waals surface area contributed by atoms with Gasteiger partial charge in [-0.3, -0.25) is 14.9 Å². The molecule has 2 aromatic rings. The van der Waals surface area contributed by atoms with Gasteiger partial charge >= 0.3 is 6.03 Å². The van der Waals surface area contributed by atoms with Crippen molar-refractivity contribution in [2.75, 3.05) is 12.4 Å². The number of hydrogen-bond acceptors (Lipinski definition) is 5. The second kappa shape index (κ2) is 8.60. The molecule has 3 rings (SSSR count). The van der Waals surface area contributed by atoms with E-state index in [1.807, 2.05) is 0 Å². The van der Waals surface area contributed by atoms with Crippen molar-refractivity contribution in [3.8, 4) is 5.75 Å². The normalized spacial score (nSPS) is 15.9. The summed E-state index contributed by atoms with van der Waals surface area (Å²) in [4.78, 5) is 35.8. The van der Waals surface area contributed by atoms with Crippen LogP contribution in [0.1, 0.15) is 18.5 Å². The Labute approximate surface area is 181 Å². The molecular formula is C19H16Cl2N4O5. The number of benzene rings is 2. The van der Waals surface area contributed by atoms with Crippen molar-refractivity contribution < 1.29 is 19.2 Å². The van der Waals surface area contributed by atoms with Crippen molar-refractivity contribution in [2.24, 2.45) is 0 Å². The third-order valence-electron chi connectivity index (χ3n) is 4.42. The maximum atomic E-state index is 13.1. The highest BCUT2D eigenvalue weighted by atomic mass is 35.5. The molecule has 1 unspecified atom stereocenters. The Morgan fingerprint density at radius 3 is 2.63 bits per heavy atom. The first-order chi connectivity index (χ1) is 14.2. The van der Waals surface area contributed by atoms with Crippen LogP contribution >= 0.6 is 23.2 Å². The number of methoxy groups -OCH3 is 1. The minimum atomic E-state index is -0.945. The van der Waals surface area contributed by atoms with Crippen LogP contribution in [0.3, 0.4) is 0 Å². The van der Waals surface area contributed by atoms with Crippen LogP contribution < -0.4 is 20.7 Å². The maximum absolute atomic E-state index is 13.1. The highest BCUT2D eigenvalue weighted by molar-refractivity contribution is 6.32. The number of halogens is 2. The summed E-state index contributed by atoms with van der Waals surface area (Å²) in [6.07, 6.45) is 0. The maximum Gasteiger partial charge on any atom is 0.319 e. The first-order valence-electron chi connectivity index (χ1n) is 8.58. The van der Waals surface area contributed by atoms with Crippen LogP contribution in [0.2, 0.25) is 10.0 Å². The van der Waals surface area contributed by atoms with Crippen LogP contribution in [0.15, 0.2) is 47.7 Å². The van der Waals surface area contributed by atoms with E-state index >= 15 is 0 Å². The molecule has 30 heavy (non-hydrogen) atoms. The van der Waals surface area contributed by atoms with E-state index in [-0.39, 0.29) is 16.3 Å². The number of amides is 3. The summed E-state index contributed by atoms with van der Waals surface area (Å²) in [5.41, 5.74) is 0.764. The molecule has 1 atom stereocenters. The number of nitrogens with zero attached hydrogens (tertiary/aromatic N) is 1. The molecule has 3 N–H and O–H groups in total. The lowest BCUT2D eigenvalue weighted by atomic mass is 9.94. The summed E-state index contributed by atoms with van der Waals surface area (Å²) in [6, 6.07) is 7.30. The van der Waals surface area contributed by atoms with Gasteiger partial charge in [-0.2, -0.15) is 0 Å². The molecule has 0 radical (unpaired) electrons. The van der Waals surface area contributed by atoms with Crippen molar-refractivity contribution in [3.05, 3.63) is 73.4 Å². The van der Waals surface area contributed by atoms with Crippen LogP contribution in [0.5, 0.6) is 5.75 Å². The Morgan fingerprint density at radius 2 is 1.97 bits per heavy atom. The summed E-state index contributed by atoms with van der Waals surface area (Å²) < 4.78 is 5.23. The standard InChI is InChI=1S/C19H16Cl2N4O5/c1-9-16(18(26)23-13-8-11(20)4-6-15(13)30-2)17(24-19(27)22-9)10-3-5-12(21)14(7-10)25(28)29/h3-8,17H,1-2H3,(H,23,26)(H2,22,24,27). The Balaban J connectivity index is 2.03. The van der Waals surface area contributed by atoms with Gasteiger partial charge in [0, 0.05) is 16.8 Å². The van der Waals surface area contributed by atoms with Gasteiger partial charge in [-0.15, -0.1) is 0 Å². The number of ether oxygens (including phenoxy) is 1. The quantitative estimate of drug-likeness (QED) is 0.465. The molecule has 0 bridgehead atoms. The molecule has 0 saturated carbocycles. The number of carbonyl (C=O) groups is 2. The molecule has 0 spiro atoms. The van der Waals surface area contributed by atoms with Crippen molar-refractivity contribution in [3.63, 3.8) is 0 Å². The minimum absolute atomic E-state index is 0.0561. The SMILES string of the molecule is COc1ccc(Cl)cc1NC(=O)C1=C(C)NC(=O)NC1c1ccc(Cl)c([N+](=O)[O-])c1. The van der Waals surface area contributed by atoms with Gasteiger partial charge in [0.05, 0.1) is 29.3 Å². The van der Waals surface area contributed by atoms with Gasteiger partial charge in [-0.25, -0.2) is 4.79 Å². The van der Waals surface area contributed by atoms with Crippen LogP contribution in [0, 0.1) is 10.1 Å². The zero-order valence-electron chi connectivity index (χ0n) is 15.8. The van der Waals surface area contributed by atoms with E-state index in [1.54, 1.807) is 19.1 Å². The van der Waals surface area contributed by atoms with Gasteiger partial charge in [-0.1, -0.05) is 29.3 Å². The zero-order valence-corrected chi connectivity index (χ0v) is 17.3.